The second kappa shape index (κ2) is 7.41. The summed E-state index contributed by atoms with van der Waals surface area (Å²) in [4.78, 5) is 34.8. The van der Waals surface area contributed by atoms with Crippen LogP contribution in [0, 0.1) is 6.92 Å². The summed E-state index contributed by atoms with van der Waals surface area (Å²) < 4.78 is 10.0. The van der Waals surface area contributed by atoms with Crippen LogP contribution in [0.4, 0.5) is 5.69 Å². The Bertz CT molecular complexity index is 817. The van der Waals surface area contributed by atoms with Gasteiger partial charge in [-0.1, -0.05) is 12.1 Å². The van der Waals surface area contributed by atoms with Crippen LogP contribution in [0.3, 0.4) is 0 Å². The molecule has 0 aliphatic carbocycles. The second-order valence-electron chi connectivity index (χ2n) is 5.07. The van der Waals surface area contributed by atoms with Crippen molar-refractivity contribution in [2.75, 3.05) is 12.4 Å². The molecule has 0 fully saturated rings. The maximum atomic E-state index is 11.9. The molecular formula is C18H17NO5. The first-order chi connectivity index (χ1) is 11.4. The molecule has 2 aromatic rings. The van der Waals surface area contributed by atoms with Crippen LogP contribution in [0.15, 0.2) is 40.8 Å². The summed E-state index contributed by atoms with van der Waals surface area (Å²) >= 11 is 0. The Morgan fingerprint density at radius 1 is 1.21 bits per heavy atom. The SMILES string of the molecule is COC(=O)c1cc(C=CC(=O)Nc2cccc(C(C)=O)c2)oc1C. The molecule has 0 atom stereocenters. The summed E-state index contributed by atoms with van der Waals surface area (Å²) in [5.41, 5.74) is 1.34. The summed E-state index contributed by atoms with van der Waals surface area (Å²) in [5.74, 6) is -0.189. The highest BCUT2D eigenvalue weighted by Crippen LogP contribution is 2.17. The van der Waals surface area contributed by atoms with E-state index in [9.17, 15) is 14.4 Å². The molecule has 0 radical (unpaired) electrons. The Hall–Kier alpha value is -3.15. The van der Waals surface area contributed by atoms with Crippen molar-refractivity contribution >= 4 is 29.4 Å². The van der Waals surface area contributed by atoms with E-state index < -0.39 is 5.97 Å². The highest BCUT2D eigenvalue weighted by molar-refractivity contribution is 6.03. The quantitative estimate of drug-likeness (QED) is 0.518. The van der Waals surface area contributed by atoms with Gasteiger partial charge in [0, 0.05) is 17.3 Å². The van der Waals surface area contributed by atoms with Crippen molar-refractivity contribution in [2.24, 2.45) is 0 Å². The smallest absolute Gasteiger partial charge is 0.341 e. The molecule has 124 valence electrons. The highest BCUT2D eigenvalue weighted by atomic mass is 16.5. The molecule has 24 heavy (non-hydrogen) atoms. The van der Waals surface area contributed by atoms with E-state index in [1.165, 1.54) is 32.3 Å². The fourth-order valence-electron chi connectivity index (χ4n) is 2.06. The lowest BCUT2D eigenvalue weighted by Crippen LogP contribution is -2.08. The number of amides is 1. The van der Waals surface area contributed by atoms with E-state index in [2.05, 4.69) is 10.1 Å². The number of carbonyl (C=O) groups excluding carboxylic acids is 3. The number of furan rings is 1. The Morgan fingerprint density at radius 2 is 1.96 bits per heavy atom. The first kappa shape index (κ1) is 17.2. The van der Waals surface area contributed by atoms with Gasteiger partial charge in [-0.05, 0) is 38.1 Å². The summed E-state index contributed by atoms with van der Waals surface area (Å²) in [6, 6.07) is 8.15. The minimum Gasteiger partial charge on any atom is -0.465 e. The van der Waals surface area contributed by atoms with Crippen molar-refractivity contribution in [1.29, 1.82) is 0 Å². The molecule has 0 spiro atoms. The number of rotatable bonds is 5. The third-order valence-corrected chi connectivity index (χ3v) is 3.28. The van der Waals surface area contributed by atoms with Crippen molar-refractivity contribution in [3.05, 3.63) is 59.1 Å². The van der Waals surface area contributed by atoms with Gasteiger partial charge in [-0.3, -0.25) is 9.59 Å². The summed E-state index contributed by atoms with van der Waals surface area (Å²) in [5, 5.41) is 2.65. The molecular weight excluding hydrogens is 310 g/mol. The Balaban J connectivity index is 2.07. The lowest BCUT2D eigenvalue weighted by molar-refractivity contribution is -0.111. The van der Waals surface area contributed by atoms with E-state index in [1.807, 2.05) is 0 Å². The minimum absolute atomic E-state index is 0.0805. The molecule has 0 saturated heterocycles. The van der Waals surface area contributed by atoms with Gasteiger partial charge in [0.15, 0.2) is 5.78 Å². The minimum atomic E-state index is -0.499. The van der Waals surface area contributed by atoms with Gasteiger partial charge in [-0.15, -0.1) is 0 Å². The number of aryl methyl sites for hydroxylation is 1. The predicted octanol–water partition coefficient (Wildman–Crippen LogP) is 3.23. The number of esters is 1. The highest BCUT2D eigenvalue weighted by Gasteiger charge is 2.14. The lowest BCUT2D eigenvalue weighted by atomic mass is 10.1. The molecule has 0 saturated carbocycles. The third kappa shape index (κ3) is 4.19. The number of Topliss-reactive ketones (excluding diaryl/α,β-unsaturated/α-hetero) is 1. The standard InChI is InChI=1S/C18H17NO5/c1-11(20)13-5-4-6-14(9-13)19-17(21)8-7-15-10-16(12(2)24-15)18(22)23-3/h4-10H,1-3H3,(H,19,21). The first-order valence-electron chi connectivity index (χ1n) is 7.19. The van der Waals surface area contributed by atoms with Crippen LogP contribution in [-0.2, 0) is 9.53 Å². The van der Waals surface area contributed by atoms with Gasteiger partial charge in [0.2, 0.25) is 5.91 Å². The van der Waals surface area contributed by atoms with Crippen molar-refractivity contribution in [3.63, 3.8) is 0 Å². The number of anilines is 1. The Labute approximate surface area is 139 Å². The van der Waals surface area contributed by atoms with E-state index in [-0.39, 0.29) is 11.7 Å². The molecule has 1 aromatic heterocycles. The van der Waals surface area contributed by atoms with Crippen molar-refractivity contribution in [1.82, 2.24) is 0 Å². The normalized spacial score (nSPS) is 10.6. The molecule has 0 aliphatic heterocycles. The number of carbonyl (C=O) groups is 3. The molecule has 2 rings (SSSR count). The molecule has 0 aliphatic rings. The fraction of sp³-hybridized carbons (Fsp3) is 0.167. The van der Waals surface area contributed by atoms with E-state index in [1.54, 1.807) is 31.2 Å². The Morgan fingerprint density at radius 3 is 2.62 bits per heavy atom. The van der Waals surface area contributed by atoms with Gasteiger partial charge < -0.3 is 14.5 Å². The second-order valence-corrected chi connectivity index (χ2v) is 5.07. The zero-order valence-corrected chi connectivity index (χ0v) is 13.6. The van der Waals surface area contributed by atoms with Crippen molar-refractivity contribution in [3.8, 4) is 0 Å². The zero-order chi connectivity index (χ0) is 17.7. The molecule has 1 amide bonds. The molecule has 0 unspecified atom stereocenters. The van der Waals surface area contributed by atoms with Crippen LogP contribution in [-0.4, -0.2) is 24.8 Å². The van der Waals surface area contributed by atoms with Gasteiger partial charge in [0.1, 0.15) is 17.1 Å². The number of hydrogen-bond acceptors (Lipinski definition) is 5. The fourth-order valence-corrected chi connectivity index (χ4v) is 2.06. The zero-order valence-electron chi connectivity index (χ0n) is 13.6. The maximum Gasteiger partial charge on any atom is 0.341 e. The van der Waals surface area contributed by atoms with E-state index in [0.717, 1.165) is 0 Å². The van der Waals surface area contributed by atoms with Crippen LogP contribution < -0.4 is 5.32 Å². The van der Waals surface area contributed by atoms with Gasteiger partial charge in [-0.2, -0.15) is 0 Å². The summed E-state index contributed by atoms with van der Waals surface area (Å²) in [6.45, 7) is 3.09. The average molecular weight is 327 g/mol. The van der Waals surface area contributed by atoms with Crippen LogP contribution in [0.1, 0.15) is 39.2 Å². The number of nitrogens with one attached hydrogen (secondary N) is 1. The molecule has 1 N–H and O–H groups in total. The van der Waals surface area contributed by atoms with Gasteiger partial charge in [0.25, 0.3) is 0 Å². The van der Waals surface area contributed by atoms with E-state index in [0.29, 0.717) is 28.3 Å². The van der Waals surface area contributed by atoms with E-state index >= 15 is 0 Å². The van der Waals surface area contributed by atoms with Crippen LogP contribution >= 0.6 is 0 Å². The van der Waals surface area contributed by atoms with Crippen LogP contribution in [0.25, 0.3) is 6.08 Å². The Kier molecular flexibility index (Phi) is 5.31. The number of ketones is 1. The van der Waals surface area contributed by atoms with E-state index in [4.69, 9.17) is 4.42 Å². The number of ether oxygens (including phenoxy) is 1. The molecule has 0 bridgehead atoms. The summed E-state index contributed by atoms with van der Waals surface area (Å²) in [6.07, 6.45) is 2.73. The number of methoxy groups -OCH3 is 1. The lowest BCUT2D eigenvalue weighted by Gasteiger charge is -2.03. The predicted molar refractivity (Wildman–Crippen MR) is 88.9 cm³/mol. The van der Waals surface area contributed by atoms with Crippen molar-refractivity contribution < 1.29 is 23.5 Å². The molecule has 1 heterocycles. The van der Waals surface area contributed by atoms with Gasteiger partial charge in [0.05, 0.1) is 7.11 Å². The summed E-state index contributed by atoms with van der Waals surface area (Å²) in [7, 11) is 1.28. The van der Waals surface area contributed by atoms with Crippen LogP contribution in [0.2, 0.25) is 0 Å². The first-order valence-corrected chi connectivity index (χ1v) is 7.19. The van der Waals surface area contributed by atoms with Crippen molar-refractivity contribution in [2.45, 2.75) is 13.8 Å². The topological polar surface area (TPSA) is 85.6 Å². The monoisotopic (exact) mass is 327 g/mol. The number of hydrogen-bond donors (Lipinski definition) is 1. The molecule has 6 nitrogen and oxygen atoms in total. The largest absolute Gasteiger partial charge is 0.465 e. The molecule has 6 heteroatoms. The van der Waals surface area contributed by atoms with Gasteiger partial charge >= 0.3 is 5.97 Å². The maximum absolute atomic E-state index is 11.9. The number of benzene rings is 1. The average Bonchev–Trinajstić information content (AvgIpc) is 2.93. The third-order valence-electron chi connectivity index (χ3n) is 3.28. The van der Waals surface area contributed by atoms with Gasteiger partial charge in [-0.25, -0.2) is 4.79 Å². The van der Waals surface area contributed by atoms with Crippen LogP contribution in [0.5, 0.6) is 0 Å². The molecule has 1 aromatic carbocycles.